The number of hydrogen-bond acceptors (Lipinski definition) is 3. The van der Waals surface area contributed by atoms with Gasteiger partial charge in [-0.15, -0.1) is 11.3 Å². The van der Waals surface area contributed by atoms with Gasteiger partial charge < -0.3 is 10.2 Å². The lowest BCUT2D eigenvalue weighted by Crippen LogP contribution is -2.30. The maximum Gasteiger partial charge on any atom is 0.222 e. The molecular weight excluding hydrogens is 244 g/mol. The maximum atomic E-state index is 12.0. The molecule has 1 aromatic heterocycles. The first-order chi connectivity index (χ1) is 8.52. The second kappa shape index (κ2) is 7.54. The van der Waals surface area contributed by atoms with Crippen molar-refractivity contribution in [2.75, 3.05) is 13.6 Å². The van der Waals surface area contributed by atoms with E-state index in [4.69, 9.17) is 0 Å². The maximum absolute atomic E-state index is 12.0. The summed E-state index contributed by atoms with van der Waals surface area (Å²) in [5, 5.41) is 5.38. The first kappa shape index (κ1) is 15.2. The molecule has 0 radical (unpaired) electrons. The Morgan fingerprint density at radius 3 is 2.72 bits per heavy atom. The standard InChI is InChI=1S/C14H24N2OS/c1-11(2)15-9-5-8-14(17)16(4)12(3)13-7-6-10-18-13/h6-7,10-12,15H,5,8-9H2,1-4H3. The van der Waals surface area contributed by atoms with Crippen molar-refractivity contribution in [3.63, 3.8) is 0 Å². The number of hydrogen-bond donors (Lipinski definition) is 1. The van der Waals surface area contributed by atoms with Crippen LogP contribution in [0.1, 0.15) is 44.5 Å². The molecule has 0 bridgehead atoms. The largest absolute Gasteiger partial charge is 0.338 e. The molecule has 1 unspecified atom stereocenters. The molecule has 1 N–H and O–H groups in total. The van der Waals surface area contributed by atoms with Crippen LogP contribution in [0.2, 0.25) is 0 Å². The van der Waals surface area contributed by atoms with E-state index in [9.17, 15) is 4.79 Å². The van der Waals surface area contributed by atoms with Gasteiger partial charge in [-0.1, -0.05) is 19.9 Å². The van der Waals surface area contributed by atoms with Crippen molar-refractivity contribution in [3.8, 4) is 0 Å². The molecule has 3 nitrogen and oxygen atoms in total. The van der Waals surface area contributed by atoms with Gasteiger partial charge in [0.1, 0.15) is 0 Å². The summed E-state index contributed by atoms with van der Waals surface area (Å²) in [6.07, 6.45) is 1.52. The lowest BCUT2D eigenvalue weighted by molar-refractivity contribution is -0.131. The quantitative estimate of drug-likeness (QED) is 0.771. The first-order valence-electron chi connectivity index (χ1n) is 6.54. The van der Waals surface area contributed by atoms with Crippen molar-refractivity contribution >= 4 is 17.2 Å². The molecule has 4 heteroatoms. The number of carbonyl (C=O) groups is 1. The molecule has 1 atom stereocenters. The summed E-state index contributed by atoms with van der Waals surface area (Å²) in [6, 6.07) is 4.78. The third-order valence-corrected chi connectivity index (χ3v) is 4.09. The van der Waals surface area contributed by atoms with Gasteiger partial charge in [0, 0.05) is 24.4 Å². The molecule has 18 heavy (non-hydrogen) atoms. The van der Waals surface area contributed by atoms with E-state index in [-0.39, 0.29) is 11.9 Å². The summed E-state index contributed by atoms with van der Waals surface area (Å²) >= 11 is 1.70. The van der Waals surface area contributed by atoms with E-state index < -0.39 is 0 Å². The fourth-order valence-corrected chi connectivity index (χ4v) is 2.57. The molecule has 0 saturated carbocycles. The minimum absolute atomic E-state index is 0.176. The van der Waals surface area contributed by atoms with Gasteiger partial charge in [-0.25, -0.2) is 0 Å². The molecule has 1 heterocycles. The Morgan fingerprint density at radius 1 is 1.44 bits per heavy atom. The second-order valence-electron chi connectivity index (χ2n) is 4.91. The van der Waals surface area contributed by atoms with E-state index in [1.165, 1.54) is 4.88 Å². The zero-order valence-electron chi connectivity index (χ0n) is 11.8. The van der Waals surface area contributed by atoms with Crippen LogP contribution in [0, 0.1) is 0 Å². The van der Waals surface area contributed by atoms with E-state index in [2.05, 4.69) is 37.5 Å². The summed E-state index contributed by atoms with van der Waals surface area (Å²) in [6.45, 7) is 7.22. The van der Waals surface area contributed by atoms with Gasteiger partial charge in [-0.05, 0) is 31.3 Å². The normalized spacial score (nSPS) is 12.7. The Morgan fingerprint density at radius 2 is 2.17 bits per heavy atom. The third kappa shape index (κ3) is 4.78. The van der Waals surface area contributed by atoms with Crippen LogP contribution in [0.4, 0.5) is 0 Å². The van der Waals surface area contributed by atoms with Crippen molar-refractivity contribution in [2.24, 2.45) is 0 Å². The highest BCUT2D eigenvalue weighted by atomic mass is 32.1. The van der Waals surface area contributed by atoms with Crippen LogP contribution >= 0.6 is 11.3 Å². The Labute approximate surface area is 114 Å². The molecule has 1 rings (SSSR count). The Kier molecular flexibility index (Phi) is 6.36. The summed E-state index contributed by atoms with van der Waals surface area (Å²) in [5.41, 5.74) is 0. The van der Waals surface area contributed by atoms with Crippen LogP contribution < -0.4 is 5.32 Å². The number of carbonyl (C=O) groups excluding carboxylic acids is 1. The van der Waals surface area contributed by atoms with Crippen molar-refractivity contribution in [2.45, 2.75) is 45.7 Å². The van der Waals surface area contributed by atoms with Gasteiger partial charge in [0.25, 0.3) is 0 Å². The van der Waals surface area contributed by atoms with Crippen LogP contribution in [0.5, 0.6) is 0 Å². The smallest absolute Gasteiger partial charge is 0.222 e. The van der Waals surface area contributed by atoms with Gasteiger partial charge in [0.05, 0.1) is 6.04 Å². The zero-order valence-corrected chi connectivity index (χ0v) is 12.6. The van der Waals surface area contributed by atoms with Crippen molar-refractivity contribution in [1.82, 2.24) is 10.2 Å². The fraction of sp³-hybridized carbons (Fsp3) is 0.643. The predicted octanol–water partition coefficient (Wildman–Crippen LogP) is 3.05. The molecule has 0 saturated heterocycles. The van der Waals surface area contributed by atoms with Crippen LogP contribution in [0.3, 0.4) is 0 Å². The Bertz CT molecular complexity index is 349. The number of nitrogens with one attached hydrogen (secondary N) is 1. The van der Waals surface area contributed by atoms with Crippen LogP contribution in [-0.4, -0.2) is 30.4 Å². The minimum Gasteiger partial charge on any atom is -0.338 e. The van der Waals surface area contributed by atoms with Crippen molar-refractivity contribution in [3.05, 3.63) is 22.4 Å². The molecular formula is C14H24N2OS. The topological polar surface area (TPSA) is 32.3 Å². The molecule has 0 aromatic carbocycles. The Balaban J connectivity index is 2.33. The monoisotopic (exact) mass is 268 g/mol. The molecule has 102 valence electrons. The van der Waals surface area contributed by atoms with E-state index in [0.717, 1.165) is 13.0 Å². The Hall–Kier alpha value is -0.870. The minimum atomic E-state index is 0.176. The highest BCUT2D eigenvalue weighted by molar-refractivity contribution is 7.10. The van der Waals surface area contributed by atoms with Crippen molar-refractivity contribution < 1.29 is 4.79 Å². The fourth-order valence-electron chi connectivity index (χ4n) is 1.74. The molecule has 1 amide bonds. The molecule has 0 aliphatic carbocycles. The van der Waals surface area contributed by atoms with Crippen LogP contribution in [0.15, 0.2) is 17.5 Å². The zero-order chi connectivity index (χ0) is 13.5. The van der Waals surface area contributed by atoms with E-state index in [1.807, 2.05) is 18.0 Å². The van der Waals surface area contributed by atoms with Gasteiger partial charge in [-0.2, -0.15) is 0 Å². The van der Waals surface area contributed by atoms with Gasteiger partial charge in [-0.3, -0.25) is 4.79 Å². The van der Waals surface area contributed by atoms with Gasteiger partial charge in [0.2, 0.25) is 5.91 Å². The lowest BCUT2D eigenvalue weighted by atomic mass is 10.2. The summed E-state index contributed by atoms with van der Waals surface area (Å²) < 4.78 is 0. The highest BCUT2D eigenvalue weighted by Crippen LogP contribution is 2.23. The van der Waals surface area contributed by atoms with E-state index in [0.29, 0.717) is 12.5 Å². The number of rotatable bonds is 7. The van der Waals surface area contributed by atoms with Gasteiger partial charge in [0.15, 0.2) is 0 Å². The summed E-state index contributed by atoms with van der Waals surface area (Å²) in [4.78, 5) is 15.1. The SMILES string of the molecule is CC(C)NCCCC(=O)N(C)C(C)c1cccs1. The second-order valence-corrected chi connectivity index (χ2v) is 5.89. The molecule has 0 fully saturated rings. The first-order valence-corrected chi connectivity index (χ1v) is 7.42. The van der Waals surface area contributed by atoms with Crippen LogP contribution in [-0.2, 0) is 4.79 Å². The number of thiophene rings is 1. The molecule has 0 aliphatic rings. The molecule has 1 aromatic rings. The molecule has 0 aliphatic heterocycles. The van der Waals surface area contributed by atoms with Crippen molar-refractivity contribution in [1.29, 1.82) is 0 Å². The average molecular weight is 268 g/mol. The lowest BCUT2D eigenvalue weighted by Gasteiger charge is -2.24. The number of amides is 1. The molecule has 0 spiro atoms. The number of nitrogens with zero attached hydrogens (tertiary/aromatic N) is 1. The average Bonchev–Trinajstić information content (AvgIpc) is 2.86. The van der Waals surface area contributed by atoms with E-state index in [1.54, 1.807) is 11.3 Å². The van der Waals surface area contributed by atoms with Crippen LogP contribution in [0.25, 0.3) is 0 Å². The highest BCUT2D eigenvalue weighted by Gasteiger charge is 2.17. The van der Waals surface area contributed by atoms with Gasteiger partial charge >= 0.3 is 0 Å². The predicted molar refractivity (Wildman–Crippen MR) is 77.9 cm³/mol. The van der Waals surface area contributed by atoms with E-state index >= 15 is 0 Å². The third-order valence-electron chi connectivity index (χ3n) is 3.05. The summed E-state index contributed by atoms with van der Waals surface area (Å²) in [7, 11) is 1.89. The summed E-state index contributed by atoms with van der Waals surface area (Å²) in [5.74, 6) is 0.224.